The first kappa shape index (κ1) is 22.2. The van der Waals surface area contributed by atoms with E-state index in [-0.39, 0.29) is 29.7 Å². The van der Waals surface area contributed by atoms with Gasteiger partial charge in [-0.25, -0.2) is 17.4 Å². The fourth-order valence-electron chi connectivity index (χ4n) is 4.11. The lowest BCUT2D eigenvalue weighted by Gasteiger charge is -2.35. The van der Waals surface area contributed by atoms with Crippen molar-refractivity contribution in [2.45, 2.75) is 25.4 Å². The molecule has 0 saturated carbocycles. The maximum atomic E-state index is 13.4. The molecule has 9 heteroatoms. The van der Waals surface area contributed by atoms with Gasteiger partial charge >= 0.3 is 0 Å². The van der Waals surface area contributed by atoms with Crippen LogP contribution >= 0.6 is 0 Å². The Balaban J connectivity index is 1.64. The molecule has 8 nitrogen and oxygen atoms in total. The molecule has 0 spiro atoms. The van der Waals surface area contributed by atoms with Gasteiger partial charge in [0.2, 0.25) is 10.0 Å². The van der Waals surface area contributed by atoms with Crippen LogP contribution in [0.2, 0.25) is 0 Å². The molecule has 3 aromatic rings. The lowest BCUT2D eigenvalue weighted by atomic mass is 10.0. The minimum Gasteiger partial charge on any atom is -0.337 e. The molecule has 1 aliphatic heterocycles. The minimum atomic E-state index is -3.28. The van der Waals surface area contributed by atoms with Gasteiger partial charge in [-0.2, -0.15) is 5.10 Å². The molecule has 4 rings (SSSR count). The summed E-state index contributed by atoms with van der Waals surface area (Å²) in [6.45, 7) is 1.13. The third kappa shape index (κ3) is 4.44. The van der Waals surface area contributed by atoms with Crippen molar-refractivity contribution in [1.82, 2.24) is 19.0 Å². The number of hydrogen-bond acceptors (Lipinski definition) is 5. The number of carbonyl (C=O) groups excluding carboxylic acids is 1. The molecule has 1 aliphatic rings. The number of rotatable bonds is 5. The molecule has 0 atom stereocenters. The van der Waals surface area contributed by atoms with Gasteiger partial charge in [-0.05, 0) is 24.5 Å². The van der Waals surface area contributed by atoms with Crippen LogP contribution in [0, 0.1) is 0 Å². The van der Waals surface area contributed by atoms with Crippen molar-refractivity contribution < 1.29 is 13.2 Å². The van der Waals surface area contributed by atoms with Crippen LogP contribution in [0.4, 0.5) is 0 Å². The van der Waals surface area contributed by atoms with Crippen LogP contribution in [0.15, 0.2) is 59.4 Å². The SMILES string of the molecule is CN(C1CCN(C(=O)c2nn(Cc3ccccc3)c(=O)c3ccccc23)CC1)S(C)(=O)=O. The van der Waals surface area contributed by atoms with Crippen LogP contribution in [0.5, 0.6) is 0 Å². The molecule has 0 aliphatic carbocycles. The second kappa shape index (κ2) is 8.84. The molecule has 2 aromatic carbocycles. The van der Waals surface area contributed by atoms with Crippen molar-refractivity contribution in [3.63, 3.8) is 0 Å². The summed E-state index contributed by atoms with van der Waals surface area (Å²) in [5, 5.41) is 5.45. The zero-order valence-electron chi connectivity index (χ0n) is 18.1. The molecular formula is C23H26N4O4S. The number of hydrogen-bond donors (Lipinski definition) is 0. The minimum absolute atomic E-state index is 0.134. The van der Waals surface area contributed by atoms with E-state index in [9.17, 15) is 18.0 Å². The van der Waals surface area contributed by atoms with Gasteiger partial charge in [0, 0.05) is 31.6 Å². The van der Waals surface area contributed by atoms with Gasteiger partial charge in [0.1, 0.15) is 0 Å². The first-order chi connectivity index (χ1) is 15.3. The Morgan fingerprint density at radius 1 is 1.03 bits per heavy atom. The maximum Gasteiger partial charge on any atom is 0.274 e. The summed E-state index contributed by atoms with van der Waals surface area (Å²) in [7, 11) is -1.71. The Morgan fingerprint density at radius 3 is 2.25 bits per heavy atom. The van der Waals surface area contributed by atoms with E-state index >= 15 is 0 Å². The van der Waals surface area contributed by atoms with E-state index in [0.29, 0.717) is 36.7 Å². The lowest BCUT2D eigenvalue weighted by molar-refractivity contribution is 0.0680. The smallest absolute Gasteiger partial charge is 0.274 e. The van der Waals surface area contributed by atoms with Crippen molar-refractivity contribution in [2.24, 2.45) is 0 Å². The normalized spacial score (nSPS) is 15.4. The number of fused-ring (bicyclic) bond motifs is 1. The molecule has 0 unspecified atom stereocenters. The van der Waals surface area contributed by atoms with Gasteiger partial charge in [-0.15, -0.1) is 0 Å². The summed E-state index contributed by atoms with van der Waals surface area (Å²) in [5.74, 6) is -0.247. The molecule has 1 fully saturated rings. The van der Waals surface area contributed by atoms with Crippen LogP contribution < -0.4 is 5.56 Å². The third-order valence-corrected chi connectivity index (χ3v) is 7.38. The highest BCUT2D eigenvalue weighted by Crippen LogP contribution is 2.21. The van der Waals surface area contributed by atoms with E-state index in [4.69, 9.17) is 0 Å². The molecular weight excluding hydrogens is 428 g/mol. The first-order valence-electron chi connectivity index (χ1n) is 10.5. The average Bonchev–Trinajstić information content (AvgIpc) is 2.80. The van der Waals surface area contributed by atoms with Crippen molar-refractivity contribution in [1.29, 1.82) is 0 Å². The van der Waals surface area contributed by atoms with Crippen LogP contribution in [0.3, 0.4) is 0 Å². The van der Waals surface area contributed by atoms with E-state index in [1.165, 1.54) is 15.2 Å². The van der Waals surface area contributed by atoms with Gasteiger partial charge in [-0.1, -0.05) is 48.5 Å². The molecule has 168 valence electrons. The van der Waals surface area contributed by atoms with Gasteiger partial charge in [-0.3, -0.25) is 9.59 Å². The summed E-state index contributed by atoms with van der Waals surface area (Å²) in [5.41, 5.74) is 0.918. The summed E-state index contributed by atoms with van der Waals surface area (Å²) in [6.07, 6.45) is 2.30. The molecule has 0 bridgehead atoms. The van der Waals surface area contributed by atoms with Crippen molar-refractivity contribution >= 4 is 26.7 Å². The predicted octanol–water partition coefficient (Wildman–Crippen LogP) is 1.94. The van der Waals surface area contributed by atoms with E-state index < -0.39 is 10.0 Å². The summed E-state index contributed by atoms with van der Waals surface area (Å²) >= 11 is 0. The lowest BCUT2D eigenvalue weighted by Crippen LogP contribution is -2.47. The number of aromatic nitrogens is 2. The van der Waals surface area contributed by atoms with Crippen molar-refractivity contribution in [3.8, 4) is 0 Å². The monoisotopic (exact) mass is 454 g/mol. The number of likely N-dealkylation sites (tertiary alicyclic amines) is 1. The standard InChI is InChI=1S/C23H26N4O4S/c1-25(32(2,30)31)18-12-14-26(15-13-18)23(29)21-19-10-6-7-11-20(19)22(28)27(24-21)16-17-8-4-3-5-9-17/h3-11,18H,12-16H2,1-2H3. The summed E-state index contributed by atoms with van der Waals surface area (Å²) in [6, 6.07) is 16.4. The molecule has 0 radical (unpaired) electrons. The largest absolute Gasteiger partial charge is 0.337 e. The van der Waals surface area contributed by atoms with Gasteiger partial charge < -0.3 is 4.90 Å². The third-order valence-electron chi connectivity index (χ3n) is 6.03. The fourth-order valence-corrected chi connectivity index (χ4v) is 4.86. The van der Waals surface area contributed by atoms with Gasteiger partial charge in [0.05, 0.1) is 18.2 Å². The first-order valence-corrected chi connectivity index (χ1v) is 12.4. The maximum absolute atomic E-state index is 13.4. The van der Waals surface area contributed by atoms with E-state index in [2.05, 4.69) is 5.10 Å². The number of benzene rings is 2. The number of carbonyl (C=O) groups is 1. The van der Waals surface area contributed by atoms with Gasteiger partial charge in [0.25, 0.3) is 11.5 Å². The second-order valence-electron chi connectivity index (χ2n) is 8.15. The molecule has 32 heavy (non-hydrogen) atoms. The Labute approximate surface area is 187 Å². The second-order valence-corrected chi connectivity index (χ2v) is 10.2. The Morgan fingerprint density at radius 2 is 1.62 bits per heavy atom. The zero-order valence-corrected chi connectivity index (χ0v) is 19.0. The van der Waals surface area contributed by atoms with E-state index in [0.717, 1.165) is 5.56 Å². The van der Waals surface area contributed by atoms with Crippen molar-refractivity contribution in [2.75, 3.05) is 26.4 Å². The molecule has 2 heterocycles. The summed E-state index contributed by atoms with van der Waals surface area (Å²) in [4.78, 5) is 28.1. The van der Waals surface area contributed by atoms with Crippen LogP contribution in [-0.2, 0) is 16.6 Å². The fraction of sp³-hybridized carbons (Fsp3) is 0.348. The number of amides is 1. The Bertz CT molecular complexity index is 1300. The number of piperidine rings is 1. The average molecular weight is 455 g/mol. The zero-order chi connectivity index (χ0) is 22.9. The highest BCUT2D eigenvalue weighted by atomic mass is 32.2. The van der Waals surface area contributed by atoms with E-state index in [1.807, 2.05) is 30.3 Å². The van der Waals surface area contributed by atoms with Crippen molar-refractivity contribution in [3.05, 3.63) is 76.2 Å². The quantitative estimate of drug-likeness (QED) is 0.588. The Hall–Kier alpha value is -3.04. The van der Waals surface area contributed by atoms with Crippen LogP contribution in [0.25, 0.3) is 10.8 Å². The molecule has 1 amide bonds. The number of nitrogens with zero attached hydrogens (tertiary/aromatic N) is 4. The highest BCUT2D eigenvalue weighted by Gasteiger charge is 2.30. The summed E-state index contributed by atoms with van der Waals surface area (Å²) < 4.78 is 26.4. The van der Waals surface area contributed by atoms with Gasteiger partial charge in [0.15, 0.2) is 5.69 Å². The number of sulfonamides is 1. The molecule has 1 aromatic heterocycles. The molecule has 1 saturated heterocycles. The Kier molecular flexibility index (Phi) is 6.12. The molecule has 0 N–H and O–H groups in total. The highest BCUT2D eigenvalue weighted by molar-refractivity contribution is 7.88. The predicted molar refractivity (Wildman–Crippen MR) is 123 cm³/mol. The van der Waals surface area contributed by atoms with E-state index in [1.54, 1.807) is 36.2 Å². The van der Waals surface area contributed by atoms with Crippen LogP contribution in [-0.4, -0.2) is 65.7 Å². The topological polar surface area (TPSA) is 92.6 Å². The van der Waals surface area contributed by atoms with Crippen LogP contribution in [0.1, 0.15) is 28.9 Å².